The molecular formula is C15H19ClNO7SU-. The van der Waals surface area contributed by atoms with Crippen molar-refractivity contribution < 1.29 is 64.1 Å². The molecule has 2 unspecified atom stereocenters. The van der Waals surface area contributed by atoms with Crippen LogP contribution in [0.4, 0.5) is 4.79 Å². The molecule has 0 spiro atoms. The van der Waals surface area contributed by atoms with E-state index in [1.165, 1.54) is 30.9 Å². The number of amides is 1. The van der Waals surface area contributed by atoms with Crippen molar-refractivity contribution in [1.29, 1.82) is 0 Å². The van der Waals surface area contributed by atoms with Crippen LogP contribution in [0, 0.1) is 43.6 Å². The molecule has 8 nitrogen and oxygen atoms in total. The molecular weight excluding hydrogens is 612 g/mol. The molecule has 1 fully saturated rings. The minimum Gasteiger partial charge on any atom is -0.546 e. The zero-order valence-corrected chi connectivity index (χ0v) is 19.6. The summed E-state index contributed by atoms with van der Waals surface area (Å²) in [6, 6.07) is 4.83. The van der Waals surface area contributed by atoms with Crippen LogP contribution in [0.1, 0.15) is 6.92 Å². The summed E-state index contributed by atoms with van der Waals surface area (Å²) < 4.78 is 34.2. The summed E-state index contributed by atoms with van der Waals surface area (Å²) in [4.78, 5) is 11.9. The summed E-state index contributed by atoms with van der Waals surface area (Å²) in [5.41, 5.74) is 0. The second-order valence-electron chi connectivity index (χ2n) is 5.57. The van der Waals surface area contributed by atoms with Crippen molar-refractivity contribution in [2.24, 2.45) is 5.92 Å². The van der Waals surface area contributed by atoms with Crippen molar-refractivity contribution in [2.45, 2.75) is 24.0 Å². The van der Waals surface area contributed by atoms with E-state index in [1.807, 2.05) is 0 Å². The van der Waals surface area contributed by atoms with E-state index in [0.29, 0.717) is 10.1 Å². The Balaban J connectivity index is 0.00000338. The number of nitrogens with zero attached hydrogens (tertiary/aromatic N) is 1. The van der Waals surface area contributed by atoms with Gasteiger partial charge in [-0.1, -0.05) is 18.5 Å². The molecule has 1 aliphatic rings. The Hall–Kier alpha value is -0.338. The Kier molecular flexibility index (Phi) is 9.36. The summed E-state index contributed by atoms with van der Waals surface area (Å²) in [6.07, 6.45) is -1.63. The van der Waals surface area contributed by atoms with Gasteiger partial charge in [-0.05, 0) is 36.2 Å². The smallest absolute Gasteiger partial charge is 0.431 e. The number of rotatable bonds is 6. The van der Waals surface area contributed by atoms with Crippen LogP contribution in [0.5, 0.6) is 0 Å². The Morgan fingerprint density at radius 3 is 2.54 bits per heavy atom. The monoisotopic (exact) mass is 630 g/mol. The fourth-order valence-corrected chi connectivity index (χ4v) is 3.54. The molecule has 11 heteroatoms. The molecule has 1 aromatic rings. The molecule has 0 saturated carbocycles. The third kappa shape index (κ3) is 5.83. The molecule has 26 heavy (non-hydrogen) atoms. The van der Waals surface area contributed by atoms with E-state index in [-0.39, 0.29) is 48.5 Å². The Labute approximate surface area is 180 Å². The average molecular weight is 631 g/mol. The van der Waals surface area contributed by atoms with Gasteiger partial charge in [-0.3, -0.25) is 5.21 Å². The van der Waals surface area contributed by atoms with Gasteiger partial charge in [0.05, 0.1) is 17.3 Å². The molecule has 1 saturated heterocycles. The van der Waals surface area contributed by atoms with Gasteiger partial charge in [-0.25, -0.2) is 18.3 Å². The normalized spacial score (nSPS) is 22.5. The summed E-state index contributed by atoms with van der Waals surface area (Å²) in [6.45, 7) is 2.25. The van der Waals surface area contributed by atoms with Crippen LogP contribution in [0.25, 0.3) is 0 Å². The van der Waals surface area contributed by atoms with Crippen LogP contribution < -0.4 is 0 Å². The van der Waals surface area contributed by atoms with Crippen LogP contribution in [0.15, 0.2) is 29.2 Å². The number of aliphatic hydroxyl groups excluding tert-OH is 1. The first-order valence-corrected chi connectivity index (χ1v) is 9.52. The van der Waals surface area contributed by atoms with E-state index in [4.69, 9.17) is 26.2 Å². The standard InChI is InChI=1S/C15H19ClNO7S.U/c1-10-13(9-24-14(10)8-18)17(20)15(19)23-6-7-25(21,22)12-4-2-11(16)3-5-12;/h2-5,9-10,13-14,18,20H,6-8H2,1H3;/q-1;/t10?,13?,14-;/m1./s1. The van der Waals surface area contributed by atoms with Crippen molar-refractivity contribution in [3.8, 4) is 0 Å². The van der Waals surface area contributed by atoms with Gasteiger partial charge < -0.3 is 14.6 Å². The summed E-state index contributed by atoms with van der Waals surface area (Å²) in [7, 11) is -3.64. The molecule has 0 aliphatic carbocycles. The van der Waals surface area contributed by atoms with Gasteiger partial charge in [0.15, 0.2) is 9.84 Å². The molecule has 0 bridgehead atoms. The van der Waals surface area contributed by atoms with Crippen molar-refractivity contribution in [2.75, 3.05) is 19.0 Å². The maximum atomic E-state index is 12.1. The molecule has 144 valence electrons. The van der Waals surface area contributed by atoms with Gasteiger partial charge in [0, 0.05) is 42.2 Å². The minimum absolute atomic E-state index is 0. The van der Waals surface area contributed by atoms with E-state index in [9.17, 15) is 18.4 Å². The molecule has 2 rings (SSSR count). The zero-order chi connectivity index (χ0) is 18.6. The minimum atomic E-state index is -3.64. The molecule has 3 atom stereocenters. The Morgan fingerprint density at radius 1 is 1.38 bits per heavy atom. The molecule has 0 radical (unpaired) electrons. The van der Waals surface area contributed by atoms with Gasteiger partial charge in [0.1, 0.15) is 6.61 Å². The van der Waals surface area contributed by atoms with Crippen LogP contribution in [-0.2, 0) is 19.3 Å². The largest absolute Gasteiger partial charge is 0.546 e. The number of ether oxygens (including phenoxy) is 2. The number of aliphatic hydroxyl groups is 1. The van der Waals surface area contributed by atoms with E-state index in [1.54, 1.807) is 6.92 Å². The molecule has 1 aromatic carbocycles. The van der Waals surface area contributed by atoms with Crippen molar-refractivity contribution in [3.63, 3.8) is 0 Å². The van der Waals surface area contributed by atoms with Crippen LogP contribution in [-0.4, -0.2) is 61.0 Å². The second kappa shape index (κ2) is 10.3. The third-order valence-electron chi connectivity index (χ3n) is 3.92. The van der Waals surface area contributed by atoms with Crippen molar-refractivity contribution in [3.05, 3.63) is 35.9 Å². The van der Waals surface area contributed by atoms with Gasteiger partial charge in [0.2, 0.25) is 0 Å². The van der Waals surface area contributed by atoms with E-state index >= 15 is 0 Å². The van der Waals surface area contributed by atoms with E-state index in [2.05, 4.69) is 0 Å². The quantitative estimate of drug-likeness (QED) is 0.278. The number of hydroxylamine groups is 2. The Bertz CT molecular complexity index is 700. The molecule has 1 aliphatic heterocycles. The molecule has 0 aromatic heterocycles. The average Bonchev–Trinajstić information content (AvgIpc) is 2.95. The van der Waals surface area contributed by atoms with Crippen LogP contribution in [0.2, 0.25) is 5.02 Å². The maximum absolute atomic E-state index is 12.1. The van der Waals surface area contributed by atoms with Gasteiger partial charge >= 0.3 is 6.09 Å². The number of sulfone groups is 1. The number of carbonyl (C=O) groups is 1. The van der Waals surface area contributed by atoms with E-state index < -0.39 is 40.4 Å². The molecule has 1 heterocycles. The molecule has 1 amide bonds. The third-order valence-corrected chi connectivity index (χ3v) is 5.86. The first-order valence-electron chi connectivity index (χ1n) is 7.49. The van der Waals surface area contributed by atoms with Gasteiger partial charge in [-0.15, -0.1) is 0 Å². The van der Waals surface area contributed by atoms with Crippen LogP contribution >= 0.6 is 11.6 Å². The van der Waals surface area contributed by atoms with Crippen LogP contribution in [0.3, 0.4) is 0 Å². The van der Waals surface area contributed by atoms with E-state index in [0.717, 1.165) is 0 Å². The number of halogens is 1. The SMILES string of the molecule is CC1C(N(O)C(=O)OCCS(=O)(=O)c2ccc(Cl)cc2)[CH-]O[C@@H]1CO.[U]. The van der Waals surface area contributed by atoms with Crippen molar-refractivity contribution in [1.82, 2.24) is 5.06 Å². The predicted octanol–water partition coefficient (Wildman–Crippen LogP) is 1.50. The molecule has 2 N–H and O–H groups in total. The maximum Gasteiger partial charge on any atom is 0.431 e. The van der Waals surface area contributed by atoms with Gasteiger partial charge in [0.25, 0.3) is 0 Å². The summed E-state index contributed by atoms with van der Waals surface area (Å²) >= 11 is 5.71. The summed E-state index contributed by atoms with van der Waals surface area (Å²) in [5, 5.41) is 19.7. The fraction of sp³-hybridized carbons (Fsp3) is 0.467. The Morgan fingerprint density at radius 2 is 2.00 bits per heavy atom. The fourth-order valence-electron chi connectivity index (χ4n) is 2.33. The zero-order valence-electron chi connectivity index (χ0n) is 13.9. The number of hydrogen-bond acceptors (Lipinski definition) is 7. The number of benzene rings is 1. The number of hydrogen-bond donors (Lipinski definition) is 2. The predicted molar refractivity (Wildman–Crippen MR) is 87.7 cm³/mol. The van der Waals surface area contributed by atoms with Gasteiger partial charge in [-0.2, -0.15) is 6.61 Å². The first-order chi connectivity index (χ1) is 11.8. The second-order valence-corrected chi connectivity index (χ2v) is 8.12. The van der Waals surface area contributed by atoms with Crippen molar-refractivity contribution >= 4 is 27.5 Å². The summed E-state index contributed by atoms with van der Waals surface area (Å²) in [5.74, 6) is -0.783. The first kappa shape index (κ1) is 23.7. The number of carbonyl (C=O) groups excluding carboxylic acids is 1. The topological polar surface area (TPSA) is 113 Å².